The maximum Gasteiger partial charge on any atom is 0.275 e. The van der Waals surface area contributed by atoms with Crippen LogP contribution in [-0.2, 0) is 6.54 Å². The molecule has 1 aliphatic heterocycles. The quantitative estimate of drug-likeness (QED) is 0.904. The molecule has 108 valence electrons. The number of aromatic nitrogens is 3. The van der Waals surface area contributed by atoms with Crippen molar-refractivity contribution in [3.05, 3.63) is 27.6 Å². The van der Waals surface area contributed by atoms with E-state index in [1.807, 2.05) is 0 Å². The first-order valence-electron chi connectivity index (χ1n) is 7.04. The highest BCUT2D eigenvalue weighted by molar-refractivity contribution is 7.14. The zero-order valence-electron chi connectivity index (χ0n) is 11.4. The molecule has 1 aliphatic rings. The van der Waals surface area contributed by atoms with Crippen molar-refractivity contribution in [2.24, 2.45) is 5.73 Å². The highest BCUT2D eigenvalue weighted by atomic mass is 32.1. The minimum Gasteiger partial charge on any atom is -0.330 e. The van der Waals surface area contributed by atoms with Crippen LogP contribution in [0.25, 0.3) is 4.96 Å². The predicted molar refractivity (Wildman–Crippen MR) is 78.9 cm³/mol. The minimum absolute atomic E-state index is 0.0985. The molecule has 0 bridgehead atoms. The number of fused-ring (bicyclic) bond motifs is 1. The van der Waals surface area contributed by atoms with Gasteiger partial charge in [-0.05, 0) is 32.4 Å². The summed E-state index contributed by atoms with van der Waals surface area (Å²) in [7, 11) is 0. The third-order valence-corrected chi connectivity index (χ3v) is 4.53. The van der Waals surface area contributed by atoms with Gasteiger partial charge in [-0.25, -0.2) is 4.98 Å². The van der Waals surface area contributed by atoms with Crippen molar-refractivity contribution in [3.8, 4) is 0 Å². The van der Waals surface area contributed by atoms with Crippen LogP contribution in [0.5, 0.6) is 0 Å². The molecule has 0 spiro atoms. The molecule has 1 fully saturated rings. The van der Waals surface area contributed by atoms with Crippen LogP contribution in [0, 0.1) is 0 Å². The Bertz CT molecular complexity index is 635. The van der Waals surface area contributed by atoms with Crippen LogP contribution in [-0.4, -0.2) is 38.6 Å². The number of hydrogen-bond donors (Lipinski definition) is 1. The molecule has 0 aromatic carbocycles. The first-order chi connectivity index (χ1) is 9.78. The SMILES string of the molecule is NCCC1CCCCN1Cc1cc(=O)n2ncsc2n1. The molecule has 1 saturated heterocycles. The Hall–Kier alpha value is -1.31. The molecule has 1 atom stereocenters. The Morgan fingerprint density at radius 2 is 2.35 bits per heavy atom. The third-order valence-electron chi connectivity index (χ3n) is 3.85. The molecule has 2 aromatic heterocycles. The van der Waals surface area contributed by atoms with Crippen molar-refractivity contribution in [3.63, 3.8) is 0 Å². The Balaban J connectivity index is 1.82. The molecule has 3 rings (SSSR count). The lowest BCUT2D eigenvalue weighted by Gasteiger charge is -2.35. The summed E-state index contributed by atoms with van der Waals surface area (Å²) in [6.07, 6.45) is 4.69. The van der Waals surface area contributed by atoms with Gasteiger partial charge in [-0.1, -0.05) is 17.8 Å². The van der Waals surface area contributed by atoms with Gasteiger partial charge in [0, 0.05) is 18.7 Å². The van der Waals surface area contributed by atoms with E-state index in [2.05, 4.69) is 15.0 Å². The van der Waals surface area contributed by atoms with Gasteiger partial charge in [-0.3, -0.25) is 9.69 Å². The Kier molecular flexibility index (Phi) is 4.09. The van der Waals surface area contributed by atoms with Crippen LogP contribution in [0.15, 0.2) is 16.4 Å². The Morgan fingerprint density at radius 1 is 1.45 bits per heavy atom. The van der Waals surface area contributed by atoms with E-state index in [9.17, 15) is 4.79 Å². The van der Waals surface area contributed by atoms with Crippen LogP contribution in [0.3, 0.4) is 0 Å². The molecule has 2 aromatic rings. The van der Waals surface area contributed by atoms with Gasteiger partial charge in [0.1, 0.15) is 5.51 Å². The summed E-state index contributed by atoms with van der Waals surface area (Å²) in [5.74, 6) is 0. The molecule has 3 heterocycles. The molecule has 20 heavy (non-hydrogen) atoms. The van der Waals surface area contributed by atoms with Crippen LogP contribution in [0.4, 0.5) is 0 Å². The lowest BCUT2D eigenvalue weighted by atomic mass is 9.99. The van der Waals surface area contributed by atoms with Gasteiger partial charge in [0.2, 0.25) is 4.96 Å². The third kappa shape index (κ3) is 2.74. The second-order valence-electron chi connectivity index (χ2n) is 5.22. The standard InChI is InChI=1S/C13H19N5OS/c14-5-4-11-3-1-2-6-17(11)8-10-7-12(19)18-13(16-10)20-9-15-18/h7,9,11H,1-6,8,14H2. The fourth-order valence-electron chi connectivity index (χ4n) is 2.88. The van der Waals surface area contributed by atoms with E-state index in [0.717, 1.165) is 25.2 Å². The summed E-state index contributed by atoms with van der Waals surface area (Å²) in [6, 6.07) is 2.12. The van der Waals surface area contributed by atoms with E-state index < -0.39 is 0 Å². The van der Waals surface area contributed by atoms with E-state index in [-0.39, 0.29) is 5.56 Å². The van der Waals surface area contributed by atoms with E-state index in [0.29, 0.717) is 17.5 Å². The fourth-order valence-corrected chi connectivity index (χ4v) is 3.52. The first kappa shape index (κ1) is 13.7. The van der Waals surface area contributed by atoms with E-state index in [1.165, 1.54) is 35.1 Å². The van der Waals surface area contributed by atoms with Crippen molar-refractivity contribution in [1.29, 1.82) is 0 Å². The number of nitrogens with zero attached hydrogens (tertiary/aromatic N) is 4. The van der Waals surface area contributed by atoms with Crippen LogP contribution >= 0.6 is 11.3 Å². The summed E-state index contributed by atoms with van der Waals surface area (Å²) < 4.78 is 1.35. The molecule has 0 radical (unpaired) electrons. The Labute approximate surface area is 121 Å². The van der Waals surface area contributed by atoms with E-state index >= 15 is 0 Å². The topological polar surface area (TPSA) is 76.5 Å². The molecule has 6 nitrogen and oxygen atoms in total. The van der Waals surface area contributed by atoms with E-state index in [1.54, 1.807) is 11.6 Å². The maximum atomic E-state index is 11.9. The van der Waals surface area contributed by atoms with Crippen molar-refractivity contribution in [2.75, 3.05) is 13.1 Å². The number of piperidine rings is 1. The van der Waals surface area contributed by atoms with Gasteiger partial charge in [0.05, 0.1) is 5.69 Å². The average Bonchev–Trinajstić information content (AvgIpc) is 2.90. The number of nitrogens with two attached hydrogens (primary N) is 1. The molecular formula is C13H19N5OS. The van der Waals surface area contributed by atoms with Crippen molar-refractivity contribution < 1.29 is 0 Å². The molecule has 1 unspecified atom stereocenters. The zero-order chi connectivity index (χ0) is 13.9. The van der Waals surface area contributed by atoms with Crippen molar-refractivity contribution >= 4 is 16.3 Å². The second-order valence-corrected chi connectivity index (χ2v) is 6.03. The van der Waals surface area contributed by atoms with Gasteiger partial charge in [0.15, 0.2) is 0 Å². The molecule has 2 N–H and O–H groups in total. The zero-order valence-corrected chi connectivity index (χ0v) is 12.2. The fraction of sp³-hybridized carbons (Fsp3) is 0.615. The predicted octanol–water partition coefficient (Wildman–Crippen LogP) is 0.854. The van der Waals surface area contributed by atoms with E-state index in [4.69, 9.17) is 5.73 Å². The van der Waals surface area contributed by atoms with Crippen LogP contribution in [0.1, 0.15) is 31.4 Å². The molecule has 0 aliphatic carbocycles. The summed E-state index contributed by atoms with van der Waals surface area (Å²) in [6.45, 7) is 2.51. The minimum atomic E-state index is -0.0985. The largest absolute Gasteiger partial charge is 0.330 e. The lowest BCUT2D eigenvalue weighted by molar-refractivity contribution is 0.132. The number of rotatable bonds is 4. The van der Waals surface area contributed by atoms with Crippen molar-refractivity contribution in [2.45, 2.75) is 38.3 Å². The van der Waals surface area contributed by atoms with Gasteiger partial charge >= 0.3 is 0 Å². The summed E-state index contributed by atoms with van der Waals surface area (Å²) >= 11 is 1.39. The highest BCUT2D eigenvalue weighted by Gasteiger charge is 2.22. The number of hydrogen-bond acceptors (Lipinski definition) is 6. The van der Waals surface area contributed by atoms with Gasteiger partial charge in [-0.2, -0.15) is 9.61 Å². The first-order valence-corrected chi connectivity index (χ1v) is 7.92. The van der Waals surface area contributed by atoms with Gasteiger partial charge < -0.3 is 5.73 Å². The Morgan fingerprint density at radius 3 is 3.20 bits per heavy atom. The second kappa shape index (κ2) is 5.99. The molecule has 0 amide bonds. The highest BCUT2D eigenvalue weighted by Crippen LogP contribution is 2.21. The monoisotopic (exact) mass is 293 g/mol. The molecule has 7 heteroatoms. The smallest absolute Gasteiger partial charge is 0.275 e. The summed E-state index contributed by atoms with van der Waals surface area (Å²) in [5, 5.41) is 3.98. The van der Waals surface area contributed by atoms with Gasteiger partial charge in [0.25, 0.3) is 5.56 Å². The number of likely N-dealkylation sites (tertiary alicyclic amines) is 1. The van der Waals surface area contributed by atoms with Crippen LogP contribution < -0.4 is 11.3 Å². The molecular weight excluding hydrogens is 274 g/mol. The van der Waals surface area contributed by atoms with Crippen molar-refractivity contribution in [1.82, 2.24) is 19.5 Å². The average molecular weight is 293 g/mol. The maximum absolute atomic E-state index is 11.9. The summed E-state index contributed by atoms with van der Waals surface area (Å²) in [5.41, 5.74) is 8.08. The van der Waals surface area contributed by atoms with Gasteiger partial charge in [-0.15, -0.1) is 0 Å². The summed E-state index contributed by atoms with van der Waals surface area (Å²) in [4.78, 5) is 19.5. The normalized spacial score (nSPS) is 20.6. The lowest BCUT2D eigenvalue weighted by Crippen LogP contribution is -2.40. The molecule has 0 saturated carbocycles. The van der Waals surface area contributed by atoms with Crippen LogP contribution in [0.2, 0.25) is 0 Å².